The molecule has 0 aliphatic heterocycles. The first-order valence-electron chi connectivity index (χ1n) is 10.3. The first kappa shape index (κ1) is 21.5. The van der Waals surface area contributed by atoms with E-state index in [0.717, 1.165) is 10.9 Å². The van der Waals surface area contributed by atoms with Gasteiger partial charge in [-0.1, -0.05) is 29.8 Å². The van der Waals surface area contributed by atoms with E-state index in [4.69, 9.17) is 11.6 Å². The van der Waals surface area contributed by atoms with Crippen LogP contribution in [-0.4, -0.2) is 32.1 Å². The smallest absolute Gasteiger partial charge is 0.263 e. The molecule has 1 atom stereocenters. The molecule has 2 aromatic heterocycles. The molecule has 33 heavy (non-hydrogen) atoms. The first-order valence-corrected chi connectivity index (χ1v) is 11.6. The Hall–Kier alpha value is -3.30. The summed E-state index contributed by atoms with van der Waals surface area (Å²) >= 11 is 7.42. The lowest BCUT2D eigenvalue weighted by Gasteiger charge is -2.21. The van der Waals surface area contributed by atoms with Crippen molar-refractivity contribution in [2.24, 2.45) is 0 Å². The minimum atomic E-state index is -0.962. The molecule has 0 unspecified atom stereocenters. The number of amides is 2. The second-order valence-electron chi connectivity index (χ2n) is 8.02. The molecule has 168 valence electrons. The Balaban J connectivity index is 1.32. The molecule has 0 bridgehead atoms. The Morgan fingerprint density at radius 3 is 2.73 bits per heavy atom. The number of aromatic nitrogens is 3. The normalized spacial score (nSPS) is 15.2. The summed E-state index contributed by atoms with van der Waals surface area (Å²) in [6.07, 6.45) is 2.53. The molecule has 2 aromatic carbocycles. The van der Waals surface area contributed by atoms with E-state index in [2.05, 4.69) is 20.7 Å². The van der Waals surface area contributed by atoms with Crippen molar-refractivity contribution >= 4 is 45.7 Å². The van der Waals surface area contributed by atoms with Crippen LogP contribution >= 0.6 is 22.9 Å². The molecule has 7 nitrogen and oxygen atoms in total. The molecule has 1 aliphatic carbocycles. The van der Waals surface area contributed by atoms with Crippen LogP contribution in [0, 0.1) is 5.82 Å². The van der Waals surface area contributed by atoms with Gasteiger partial charge in [0.1, 0.15) is 16.2 Å². The SMILES string of the molecule is C[C@@H](NC(=O)C1(NC(=O)c2cncs2)CC1)c1ccc(-n2nc(Cl)c3ccccc32)cc1F. The lowest BCUT2D eigenvalue weighted by atomic mass is 10.1. The third-order valence-corrected chi connectivity index (χ3v) is 6.83. The van der Waals surface area contributed by atoms with E-state index in [1.54, 1.807) is 29.2 Å². The molecule has 4 aromatic rings. The van der Waals surface area contributed by atoms with Gasteiger partial charge in [-0.25, -0.2) is 9.07 Å². The molecule has 1 aliphatic rings. The highest BCUT2D eigenvalue weighted by Crippen LogP contribution is 2.37. The average molecular weight is 484 g/mol. The van der Waals surface area contributed by atoms with Gasteiger partial charge in [-0.2, -0.15) is 5.10 Å². The fourth-order valence-electron chi connectivity index (χ4n) is 3.78. The van der Waals surface area contributed by atoms with E-state index in [-0.39, 0.29) is 11.8 Å². The van der Waals surface area contributed by atoms with Crippen LogP contribution in [0.1, 0.15) is 41.0 Å². The van der Waals surface area contributed by atoms with Crippen LogP contribution in [0.25, 0.3) is 16.6 Å². The van der Waals surface area contributed by atoms with Crippen LogP contribution in [-0.2, 0) is 4.79 Å². The topological polar surface area (TPSA) is 88.9 Å². The Morgan fingerprint density at radius 2 is 2.03 bits per heavy atom. The molecule has 10 heteroatoms. The molecule has 0 saturated heterocycles. The van der Waals surface area contributed by atoms with Crippen LogP contribution in [0.5, 0.6) is 0 Å². The van der Waals surface area contributed by atoms with Gasteiger partial charge >= 0.3 is 0 Å². The van der Waals surface area contributed by atoms with Crippen LogP contribution in [0.4, 0.5) is 4.39 Å². The van der Waals surface area contributed by atoms with Gasteiger partial charge in [0.25, 0.3) is 5.91 Å². The lowest BCUT2D eigenvalue weighted by molar-refractivity contribution is -0.124. The number of hydrogen-bond acceptors (Lipinski definition) is 5. The second kappa shape index (κ2) is 8.24. The van der Waals surface area contributed by atoms with Crippen molar-refractivity contribution in [3.63, 3.8) is 0 Å². The molecule has 2 heterocycles. The van der Waals surface area contributed by atoms with Gasteiger partial charge in [0.15, 0.2) is 5.15 Å². The molecule has 5 rings (SSSR count). The summed E-state index contributed by atoms with van der Waals surface area (Å²) in [5.41, 5.74) is 2.22. The number of rotatable bonds is 6. The summed E-state index contributed by atoms with van der Waals surface area (Å²) in [5, 5.41) is 11.1. The highest BCUT2D eigenvalue weighted by Gasteiger charge is 2.51. The minimum absolute atomic E-state index is 0.332. The van der Waals surface area contributed by atoms with Crippen molar-refractivity contribution in [1.29, 1.82) is 0 Å². The molecule has 0 spiro atoms. The summed E-state index contributed by atoms with van der Waals surface area (Å²) in [7, 11) is 0. The zero-order valence-electron chi connectivity index (χ0n) is 17.5. The van der Waals surface area contributed by atoms with Crippen molar-refractivity contribution in [3.05, 3.63) is 75.6 Å². The second-order valence-corrected chi connectivity index (χ2v) is 9.27. The van der Waals surface area contributed by atoms with Gasteiger partial charge in [0.05, 0.1) is 29.0 Å². The largest absolute Gasteiger partial charge is 0.347 e. The Bertz CT molecular complexity index is 1370. The molecular formula is C23H19ClFN5O2S. The third kappa shape index (κ3) is 3.98. The van der Waals surface area contributed by atoms with E-state index in [1.807, 2.05) is 24.3 Å². The number of halogens is 2. The van der Waals surface area contributed by atoms with E-state index in [9.17, 15) is 9.59 Å². The van der Waals surface area contributed by atoms with Crippen molar-refractivity contribution in [2.75, 3.05) is 0 Å². The van der Waals surface area contributed by atoms with Gasteiger partial charge in [-0.05, 0) is 44.0 Å². The Morgan fingerprint density at radius 1 is 1.24 bits per heavy atom. The highest BCUT2D eigenvalue weighted by atomic mass is 35.5. The van der Waals surface area contributed by atoms with Crippen molar-refractivity contribution in [1.82, 2.24) is 25.4 Å². The number of fused-ring (bicyclic) bond motifs is 1. The van der Waals surface area contributed by atoms with Gasteiger partial charge in [-0.15, -0.1) is 11.3 Å². The Kier molecular flexibility index (Phi) is 5.38. The van der Waals surface area contributed by atoms with Crippen LogP contribution < -0.4 is 10.6 Å². The quantitative estimate of drug-likeness (QED) is 0.425. The maximum atomic E-state index is 15.1. The van der Waals surface area contributed by atoms with Crippen LogP contribution in [0.2, 0.25) is 5.15 Å². The molecule has 1 fully saturated rings. The Labute approximate surface area is 197 Å². The van der Waals surface area contributed by atoms with Gasteiger partial charge < -0.3 is 10.6 Å². The summed E-state index contributed by atoms with van der Waals surface area (Å²) in [5.74, 6) is -1.14. The van der Waals surface area contributed by atoms with Gasteiger partial charge in [0, 0.05) is 10.9 Å². The maximum Gasteiger partial charge on any atom is 0.263 e. The average Bonchev–Trinajstić information content (AvgIpc) is 3.23. The zero-order chi connectivity index (χ0) is 23.2. The summed E-state index contributed by atoms with van der Waals surface area (Å²) in [6.45, 7) is 1.71. The maximum absolute atomic E-state index is 15.1. The highest BCUT2D eigenvalue weighted by molar-refractivity contribution is 7.11. The first-order chi connectivity index (χ1) is 15.9. The number of carbonyl (C=O) groups is 2. The number of nitrogens with zero attached hydrogens (tertiary/aromatic N) is 3. The zero-order valence-corrected chi connectivity index (χ0v) is 19.1. The number of nitrogens with one attached hydrogen (secondary N) is 2. The monoisotopic (exact) mass is 483 g/mol. The van der Waals surface area contributed by atoms with Crippen molar-refractivity contribution in [3.8, 4) is 5.69 Å². The fraction of sp³-hybridized carbons (Fsp3) is 0.217. The van der Waals surface area contributed by atoms with Gasteiger partial charge in [-0.3, -0.25) is 14.6 Å². The number of benzene rings is 2. The molecule has 1 saturated carbocycles. The van der Waals surface area contributed by atoms with E-state index < -0.39 is 17.4 Å². The van der Waals surface area contributed by atoms with Crippen LogP contribution in [0.3, 0.4) is 0 Å². The molecular weight excluding hydrogens is 465 g/mol. The third-order valence-electron chi connectivity index (χ3n) is 5.78. The number of hydrogen-bond donors (Lipinski definition) is 2. The lowest BCUT2D eigenvalue weighted by Crippen LogP contribution is -2.49. The summed E-state index contributed by atoms with van der Waals surface area (Å²) in [4.78, 5) is 29.5. The standard InChI is InChI=1S/C23H19ClFN5O2S/c1-13(27-22(32)23(8-9-23)28-21(31)19-11-26-12-33-19)15-7-6-14(10-17(15)25)30-18-5-3-2-4-16(18)20(24)29-30/h2-7,10-13H,8-9H2,1H3,(H,27,32)(H,28,31)/t13-/m1/s1. The fourth-order valence-corrected chi connectivity index (χ4v) is 4.53. The van der Waals surface area contributed by atoms with E-state index >= 15 is 4.39 Å². The number of carbonyl (C=O) groups excluding carboxylic acids is 2. The van der Waals surface area contributed by atoms with E-state index in [1.165, 1.54) is 23.6 Å². The molecule has 2 amide bonds. The molecule has 2 N–H and O–H groups in total. The van der Waals surface area contributed by atoms with Crippen molar-refractivity contribution in [2.45, 2.75) is 31.3 Å². The van der Waals surface area contributed by atoms with Crippen molar-refractivity contribution < 1.29 is 14.0 Å². The molecule has 0 radical (unpaired) electrons. The number of thiazole rings is 1. The van der Waals surface area contributed by atoms with E-state index in [0.29, 0.717) is 34.1 Å². The predicted molar refractivity (Wildman–Crippen MR) is 124 cm³/mol. The predicted octanol–water partition coefficient (Wildman–Crippen LogP) is 4.41. The summed E-state index contributed by atoms with van der Waals surface area (Å²) < 4.78 is 16.6. The van der Waals surface area contributed by atoms with Gasteiger partial charge in [0.2, 0.25) is 5.91 Å². The minimum Gasteiger partial charge on any atom is -0.347 e. The van der Waals surface area contributed by atoms with Crippen LogP contribution in [0.15, 0.2) is 54.2 Å². The number of para-hydroxylation sites is 1. The summed E-state index contributed by atoms with van der Waals surface area (Å²) in [6, 6.07) is 11.6.